The highest BCUT2D eigenvalue weighted by molar-refractivity contribution is 5.78. The Morgan fingerprint density at radius 1 is 1.11 bits per heavy atom. The molecule has 0 spiro atoms. The van der Waals surface area contributed by atoms with Crippen molar-refractivity contribution in [2.75, 3.05) is 0 Å². The standard InChI is InChI=1S/C17H24O2/c1-11-9-12(2)15(13(3)10-11)16(17(18)19)14-7-5-4-6-8-14/h9-10,14,16H,4-8H2,1-3H3,(H,18,19). The van der Waals surface area contributed by atoms with Gasteiger partial charge in [-0.2, -0.15) is 0 Å². The molecular formula is C17H24O2. The predicted octanol–water partition coefficient (Wildman–Crippen LogP) is 4.36. The van der Waals surface area contributed by atoms with Gasteiger partial charge in [-0.3, -0.25) is 4.79 Å². The zero-order valence-electron chi connectivity index (χ0n) is 12.2. The van der Waals surface area contributed by atoms with Crippen LogP contribution in [0, 0.1) is 26.7 Å². The topological polar surface area (TPSA) is 37.3 Å². The summed E-state index contributed by atoms with van der Waals surface area (Å²) in [5.74, 6) is -0.658. The van der Waals surface area contributed by atoms with Crippen LogP contribution in [-0.4, -0.2) is 11.1 Å². The molecule has 2 heteroatoms. The smallest absolute Gasteiger partial charge is 0.311 e. The summed E-state index contributed by atoms with van der Waals surface area (Å²) in [4.78, 5) is 11.8. The number of benzene rings is 1. The van der Waals surface area contributed by atoms with Crippen molar-refractivity contribution < 1.29 is 9.90 Å². The van der Waals surface area contributed by atoms with E-state index < -0.39 is 5.97 Å². The largest absolute Gasteiger partial charge is 0.481 e. The van der Waals surface area contributed by atoms with E-state index in [9.17, 15) is 9.90 Å². The first kappa shape index (κ1) is 14.1. The van der Waals surface area contributed by atoms with Crippen LogP contribution in [0.25, 0.3) is 0 Å². The Hall–Kier alpha value is -1.31. The molecule has 0 aromatic heterocycles. The summed E-state index contributed by atoms with van der Waals surface area (Å²) in [5, 5.41) is 9.70. The first-order valence-electron chi connectivity index (χ1n) is 7.31. The number of carboxylic acids is 1. The van der Waals surface area contributed by atoms with E-state index in [4.69, 9.17) is 0 Å². The quantitative estimate of drug-likeness (QED) is 0.876. The second-order valence-electron chi connectivity index (χ2n) is 6.03. The van der Waals surface area contributed by atoms with Crippen LogP contribution < -0.4 is 0 Å². The number of hydrogen-bond acceptors (Lipinski definition) is 1. The van der Waals surface area contributed by atoms with Crippen molar-refractivity contribution in [1.82, 2.24) is 0 Å². The molecule has 1 aromatic carbocycles. The van der Waals surface area contributed by atoms with E-state index in [0.717, 1.165) is 29.5 Å². The monoisotopic (exact) mass is 260 g/mol. The minimum Gasteiger partial charge on any atom is -0.481 e. The molecule has 1 fully saturated rings. The molecule has 0 radical (unpaired) electrons. The van der Waals surface area contributed by atoms with Crippen molar-refractivity contribution >= 4 is 5.97 Å². The molecule has 2 nitrogen and oxygen atoms in total. The molecule has 0 aliphatic heterocycles. The van der Waals surface area contributed by atoms with Gasteiger partial charge < -0.3 is 5.11 Å². The fourth-order valence-electron chi connectivity index (χ4n) is 3.71. The molecule has 104 valence electrons. The number of rotatable bonds is 3. The van der Waals surface area contributed by atoms with Gasteiger partial charge in [-0.05, 0) is 56.2 Å². The van der Waals surface area contributed by atoms with Gasteiger partial charge in [-0.25, -0.2) is 0 Å². The Morgan fingerprint density at radius 2 is 1.63 bits per heavy atom. The van der Waals surface area contributed by atoms with Gasteiger partial charge in [0.1, 0.15) is 0 Å². The molecule has 0 amide bonds. The summed E-state index contributed by atoms with van der Waals surface area (Å²) >= 11 is 0. The molecule has 0 saturated heterocycles. The number of hydrogen-bond donors (Lipinski definition) is 1. The Bertz CT molecular complexity index is 447. The van der Waals surface area contributed by atoms with Crippen LogP contribution >= 0.6 is 0 Å². The highest BCUT2D eigenvalue weighted by atomic mass is 16.4. The number of carbonyl (C=O) groups is 1. The lowest BCUT2D eigenvalue weighted by molar-refractivity contribution is -0.140. The fourth-order valence-corrected chi connectivity index (χ4v) is 3.71. The minimum atomic E-state index is -0.651. The maximum absolute atomic E-state index is 11.8. The van der Waals surface area contributed by atoms with E-state index >= 15 is 0 Å². The van der Waals surface area contributed by atoms with Gasteiger partial charge in [0.25, 0.3) is 0 Å². The van der Waals surface area contributed by atoms with E-state index in [1.807, 2.05) is 13.8 Å². The van der Waals surface area contributed by atoms with Crippen molar-refractivity contribution in [2.24, 2.45) is 5.92 Å². The lowest BCUT2D eigenvalue weighted by atomic mass is 9.74. The van der Waals surface area contributed by atoms with Crippen molar-refractivity contribution in [3.63, 3.8) is 0 Å². The molecule has 1 aliphatic rings. The summed E-state index contributed by atoms with van der Waals surface area (Å²) in [7, 11) is 0. The minimum absolute atomic E-state index is 0.311. The molecule has 1 N–H and O–H groups in total. The van der Waals surface area contributed by atoms with Crippen LogP contribution in [0.4, 0.5) is 0 Å². The van der Waals surface area contributed by atoms with Crippen LogP contribution in [-0.2, 0) is 4.79 Å². The van der Waals surface area contributed by atoms with Crippen LogP contribution in [0.15, 0.2) is 12.1 Å². The van der Waals surface area contributed by atoms with Crippen LogP contribution in [0.5, 0.6) is 0 Å². The molecule has 1 aliphatic carbocycles. The van der Waals surface area contributed by atoms with Gasteiger partial charge >= 0.3 is 5.97 Å². The third-order valence-corrected chi connectivity index (χ3v) is 4.44. The van der Waals surface area contributed by atoms with Gasteiger partial charge in [0.2, 0.25) is 0 Å². The molecule has 1 atom stereocenters. The van der Waals surface area contributed by atoms with Crippen LogP contribution in [0.3, 0.4) is 0 Å². The first-order chi connectivity index (χ1) is 9.00. The third kappa shape index (κ3) is 2.99. The van der Waals surface area contributed by atoms with Gasteiger partial charge in [0.15, 0.2) is 0 Å². The fraction of sp³-hybridized carbons (Fsp3) is 0.588. The number of aliphatic carboxylic acids is 1. The first-order valence-corrected chi connectivity index (χ1v) is 7.31. The lowest BCUT2D eigenvalue weighted by Gasteiger charge is -2.30. The van der Waals surface area contributed by atoms with Gasteiger partial charge in [-0.15, -0.1) is 0 Å². The van der Waals surface area contributed by atoms with Crippen molar-refractivity contribution in [3.8, 4) is 0 Å². The second kappa shape index (κ2) is 5.77. The van der Waals surface area contributed by atoms with Crippen molar-refractivity contribution in [2.45, 2.75) is 58.8 Å². The zero-order valence-corrected chi connectivity index (χ0v) is 12.2. The molecule has 1 unspecified atom stereocenters. The molecule has 2 rings (SSSR count). The van der Waals surface area contributed by atoms with Crippen molar-refractivity contribution in [1.29, 1.82) is 0 Å². The summed E-state index contributed by atoms with van der Waals surface area (Å²) < 4.78 is 0. The molecular weight excluding hydrogens is 236 g/mol. The van der Waals surface area contributed by atoms with Gasteiger partial charge in [-0.1, -0.05) is 37.0 Å². The zero-order chi connectivity index (χ0) is 14.0. The molecule has 19 heavy (non-hydrogen) atoms. The lowest BCUT2D eigenvalue weighted by Crippen LogP contribution is -2.25. The predicted molar refractivity (Wildman–Crippen MR) is 77.6 cm³/mol. The summed E-state index contributed by atoms with van der Waals surface area (Å²) in [6.45, 7) is 6.17. The van der Waals surface area contributed by atoms with E-state index in [1.54, 1.807) is 0 Å². The highest BCUT2D eigenvalue weighted by Crippen LogP contribution is 2.39. The highest BCUT2D eigenvalue weighted by Gasteiger charge is 2.32. The number of aryl methyl sites for hydroxylation is 3. The van der Waals surface area contributed by atoms with E-state index in [2.05, 4.69) is 19.1 Å². The number of carboxylic acid groups (broad SMARTS) is 1. The maximum atomic E-state index is 11.8. The average Bonchev–Trinajstić information content (AvgIpc) is 2.34. The summed E-state index contributed by atoms with van der Waals surface area (Å²) in [6, 6.07) is 4.22. The molecule has 1 aromatic rings. The SMILES string of the molecule is Cc1cc(C)c(C(C(=O)O)C2CCCCC2)c(C)c1. The van der Waals surface area contributed by atoms with E-state index in [0.29, 0.717) is 5.92 Å². The van der Waals surface area contributed by atoms with E-state index in [-0.39, 0.29) is 5.92 Å². The van der Waals surface area contributed by atoms with E-state index in [1.165, 1.54) is 24.8 Å². The van der Waals surface area contributed by atoms with Crippen LogP contribution in [0.1, 0.15) is 60.3 Å². The van der Waals surface area contributed by atoms with Crippen LogP contribution in [0.2, 0.25) is 0 Å². The summed E-state index contributed by atoms with van der Waals surface area (Å²) in [6.07, 6.45) is 5.74. The van der Waals surface area contributed by atoms with Gasteiger partial charge in [0.05, 0.1) is 5.92 Å². The Morgan fingerprint density at radius 3 is 2.11 bits per heavy atom. The Labute approximate surface area is 115 Å². The second-order valence-corrected chi connectivity index (χ2v) is 6.03. The van der Waals surface area contributed by atoms with Crippen molar-refractivity contribution in [3.05, 3.63) is 34.4 Å². The molecule has 0 bridgehead atoms. The normalized spacial score (nSPS) is 18.3. The van der Waals surface area contributed by atoms with Gasteiger partial charge in [0, 0.05) is 0 Å². The Balaban J connectivity index is 2.41. The Kier molecular flexibility index (Phi) is 4.28. The molecule has 0 heterocycles. The molecule has 1 saturated carbocycles. The average molecular weight is 260 g/mol. The third-order valence-electron chi connectivity index (χ3n) is 4.44. The summed E-state index contributed by atoms with van der Waals surface area (Å²) in [5.41, 5.74) is 4.54. The maximum Gasteiger partial charge on any atom is 0.311 e.